The van der Waals surface area contributed by atoms with Gasteiger partial charge in [-0.15, -0.1) is 11.8 Å². The molecule has 3 heteroatoms. The standard InChI is InChI=1S/C13H21NOS/c1-4-8-14-10-11(2)16-13-7-5-6-12(9-13)15-3/h5-7,9,11,14H,4,8,10H2,1-3H3. The molecule has 1 unspecified atom stereocenters. The highest BCUT2D eigenvalue weighted by molar-refractivity contribution is 8.00. The van der Waals surface area contributed by atoms with E-state index in [9.17, 15) is 0 Å². The van der Waals surface area contributed by atoms with E-state index in [-0.39, 0.29) is 0 Å². The van der Waals surface area contributed by atoms with Crippen molar-refractivity contribution in [2.45, 2.75) is 30.4 Å². The van der Waals surface area contributed by atoms with E-state index < -0.39 is 0 Å². The lowest BCUT2D eigenvalue weighted by atomic mass is 10.3. The summed E-state index contributed by atoms with van der Waals surface area (Å²) in [5.41, 5.74) is 0. The maximum Gasteiger partial charge on any atom is 0.119 e. The van der Waals surface area contributed by atoms with Crippen LogP contribution >= 0.6 is 11.8 Å². The SMILES string of the molecule is CCCNCC(C)Sc1cccc(OC)c1. The third-order valence-electron chi connectivity index (χ3n) is 2.24. The van der Waals surface area contributed by atoms with E-state index in [1.807, 2.05) is 23.9 Å². The van der Waals surface area contributed by atoms with Gasteiger partial charge in [0.1, 0.15) is 5.75 Å². The van der Waals surface area contributed by atoms with Crippen LogP contribution in [-0.2, 0) is 0 Å². The molecule has 0 aliphatic heterocycles. The lowest BCUT2D eigenvalue weighted by Crippen LogP contribution is -2.23. The summed E-state index contributed by atoms with van der Waals surface area (Å²) in [6, 6.07) is 8.22. The van der Waals surface area contributed by atoms with Crippen LogP contribution in [0.15, 0.2) is 29.2 Å². The van der Waals surface area contributed by atoms with Gasteiger partial charge in [0.15, 0.2) is 0 Å². The second-order valence-electron chi connectivity index (χ2n) is 3.81. The van der Waals surface area contributed by atoms with Crippen LogP contribution in [0.2, 0.25) is 0 Å². The third kappa shape index (κ3) is 4.90. The molecule has 2 nitrogen and oxygen atoms in total. The second kappa shape index (κ2) is 7.58. The summed E-state index contributed by atoms with van der Waals surface area (Å²) < 4.78 is 5.21. The Morgan fingerprint density at radius 1 is 1.44 bits per heavy atom. The third-order valence-corrected chi connectivity index (χ3v) is 3.33. The first-order valence-corrected chi connectivity index (χ1v) is 6.65. The molecule has 0 heterocycles. The van der Waals surface area contributed by atoms with Crippen LogP contribution in [0.25, 0.3) is 0 Å². The fraction of sp³-hybridized carbons (Fsp3) is 0.538. The molecular weight excluding hydrogens is 218 g/mol. The van der Waals surface area contributed by atoms with Gasteiger partial charge in [-0.05, 0) is 31.2 Å². The van der Waals surface area contributed by atoms with Crippen molar-refractivity contribution in [2.75, 3.05) is 20.2 Å². The molecule has 1 aromatic rings. The Hall–Kier alpha value is -0.670. The minimum Gasteiger partial charge on any atom is -0.497 e. The predicted octanol–water partition coefficient (Wildman–Crippen LogP) is 3.18. The fourth-order valence-electron chi connectivity index (χ4n) is 1.43. The van der Waals surface area contributed by atoms with E-state index in [1.54, 1.807) is 7.11 Å². The van der Waals surface area contributed by atoms with Crippen LogP contribution in [0.4, 0.5) is 0 Å². The minimum absolute atomic E-state index is 0.582. The van der Waals surface area contributed by atoms with Crippen LogP contribution in [-0.4, -0.2) is 25.4 Å². The number of thioether (sulfide) groups is 1. The van der Waals surface area contributed by atoms with Gasteiger partial charge in [-0.3, -0.25) is 0 Å². The first kappa shape index (κ1) is 13.4. The van der Waals surface area contributed by atoms with Gasteiger partial charge in [-0.2, -0.15) is 0 Å². The Bertz CT molecular complexity index is 304. The summed E-state index contributed by atoms with van der Waals surface area (Å²) in [5, 5.41) is 4.01. The molecule has 0 saturated carbocycles. The first-order valence-electron chi connectivity index (χ1n) is 5.77. The van der Waals surface area contributed by atoms with E-state index >= 15 is 0 Å². The van der Waals surface area contributed by atoms with Gasteiger partial charge in [0.05, 0.1) is 7.11 Å². The summed E-state index contributed by atoms with van der Waals surface area (Å²) >= 11 is 1.88. The van der Waals surface area contributed by atoms with E-state index in [0.29, 0.717) is 5.25 Å². The highest BCUT2D eigenvalue weighted by Crippen LogP contribution is 2.26. The molecule has 0 aliphatic carbocycles. The van der Waals surface area contributed by atoms with E-state index in [0.717, 1.165) is 18.8 Å². The Labute approximate surface area is 103 Å². The molecule has 0 aliphatic rings. The lowest BCUT2D eigenvalue weighted by molar-refractivity contribution is 0.413. The van der Waals surface area contributed by atoms with Gasteiger partial charge in [-0.25, -0.2) is 0 Å². The number of methoxy groups -OCH3 is 1. The fourth-order valence-corrected chi connectivity index (χ4v) is 2.44. The number of hydrogen-bond donors (Lipinski definition) is 1. The Kier molecular flexibility index (Phi) is 6.34. The molecule has 0 saturated heterocycles. The molecule has 90 valence electrons. The molecular formula is C13H21NOS. The maximum atomic E-state index is 5.21. The smallest absolute Gasteiger partial charge is 0.119 e. The van der Waals surface area contributed by atoms with Gasteiger partial charge in [0.25, 0.3) is 0 Å². The Morgan fingerprint density at radius 2 is 2.25 bits per heavy atom. The van der Waals surface area contributed by atoms with Crippen molar-refractivity contribution in [3.63, 3.8) is 0 Å². The number of benzene rings is 1. The molecule has 0 aromatic heterocycles. The van der Waals surface area contributed by atoms with Crippen molar-refractivity contribution in [1.82, 2.24) is 5.32 Å². The van der Waals surface area contributed by atoms with Gasteiger partial charge in [0.2, 0.25) is 0 Å². The van der Waals surface area contributed by atoms with Crippen LogP contribution < -0.4 is 10.1 Å². The summed E-state index contributed by atoms with van der Waals surface area (Å²) in [4.78, 5) is 1.27. The number of hydrogen-bond acceptors (Lipinski definition) is 3. The Balaban J connectivity index is 2.39. The van der Waals surface area contributed by atoms with E-state index in [1.165, 1.54) is 11.3 Å². The van der Waals surface area contributed by atoms with Crippen LogP contribution in [0.3, 0.4) is 0 Å². The number of rotatable bonds is 7. The molecule has 1 atom stereocenters. The molecule has 16 heavy (non-hydrogen) atoms. The first-order chi connectivity index (χ1) is 7.76. The summed E-state index contributed by atoms with van der Waals surface area (Å²) in [7, 11) is 1.70. The average Bonchev–Trinajstić information content (AvgIpc) is 2.29. The molecule has 1 N–H and O–H groups in total. The number of ether oxygens (including phenoxy) is 1. The highest BCUT2D eigenvalue weighted by atomic mass is 32.2. The van der Waals surface area contributed by atoms with Crippen molar-refractivity contribution in [3.05, 3.63) is 24.3 Å². The highest BCUT2D eigenvalue weighted by Gasteiger charge is 2.04. The van der Waals surface area contributed by atoms with Crippen molar-refractivity contribution >= 4 is 11.8 Å². The van der Waals surface area contributed by atoms with Gasteiger partial charge < -0.3 is 10.1 Å². The van der Waals surface area contributed by atoms with Gasteiger partial charge >= 0.3 is 0 Å². The molecule has 1 aromatic carbocycles. The van der Waals surface area contributed by atoms with E-state index in [2.05, 4.69) is 31.3 Å². The van der Waals surface area contributed by atoms with Crippen LogP contribution in [0.5, 0.6) is 5.75 Å². The monoisotopic (exact) mass is 239 g/mol. The maximum absolute atomic E-state index is 5.21. The van der Waals surface area contributed by atoms with Crippen LogP contribution in [0.1, 0.15) is 20.3 Å². The number of nitrogens with one attached hydrogen (secondary N) is 1. The Morgan fingerprint density at radius 3 is 2.94 bits per heavy atom. The summed E-state index contributed by atoms with van der Waals surface area (Å²) in [6.07, 6.45) is 1.19. The van der Waals surface area contributed by atoms with E-state index in [4.69, 9.17) is 4.74 Å². The van der Waals surface area contributed by atoms with Crippen molar-refractivity contribution in [1.29, 1.82) is 0 Å². The molecule has 0 bridgehead atoms. The quantitative estimate of drug-likeness (QED) is 0.583. The molecule has 0 radical (unpaired) electrons. The molecule has 1 rings (SSSR count). The van der Waals surface area contributed by atoms with Crippen molar-refractivity contribution in [3.8, 4) is 5.75 Å². The second-order valence-corrected chi connectivity index (χ2v) is 5.32. The predicted molar refractivity (Wildman–Crippen MR) is 71.5 cm³/mol. The summed E-state index contributed by atoms with van der Waals surface area (Å²) in [5.74, 6) is 0.929. The zero-order chi connectivity index (χ0) is 11.8. The van der Waals surface area contributed by atoms with Crippen LogP contribution in [0, 0.1) is 0 Å². The molecule has 0 spiro atoms. The summed E-state index contributed by atoms with van der Waals surface area (Å²) in [6.45, 7) is 6.58. The molecule has 0 amide bonds. The van der Waals surface area contributed by atoms with Crippen molar-refractivity contribution in [2.24, 2.45) is 0 Å². The lowest BCUT2D eigenvalue weighted by Gasteiger charge is -2.12. The average molecular weight is 239 g/mol. The minimum atomic E-state index is 0.582. The molecule has 0 fully saturated rings. The van der Waals surface area contributed by atoms with Gasteiger partial charge in [0, 0.05) is 16.7 Å². The normalized spacial score (nSPS) is 12.4. The topological polar surface area (TPSA) is 21.3 Å². The zero-order valence-corrected chi connectivity index (χ0v) is 11.1. The largest absolute Gasteiger partial charge is 0.497 e. The zero-order valence-electron chi connectivity index (χ0n) is 10.3. The van der Waals surface area contributed by atoms with Crippen molar-refractivity contribution < 1.29 is 4.74 Å². The van der Waals surface area contributed by atoms with Gasteiger partial charge in [-0.1, -0.05) is 19.9 Å².